The summed E-state index contributed by atoms with van der Waals surface area (Å²) < 4.78 is 1.96. The Morgan fingerprint density at radius 2 is 1.57 bits per heavy atom. The molecule has 2 fully saturated rings. The Bertz CT molecular complexity index is 484. The maximum Gasteiger partial charge on any atom is 0.142 e. The van der Waals surface area contributed by atoms with Crippen LogP contribution in [0, 0.1) is 13.1 Å². The third kappa shape index (κ3) is 5.23. The summed E-state index contributed by atoms with van der Waals surface area (Å²) in [7, 11) is 0. The van der Waals surface area contributed by atoms with Crippen molar-refractivity contribution >= 4 is 70.0 Å². The fraction of sp³-hybridized carbons (Fsp3) is 0.625. The highest BCUT2D eigenvalue weighted by molar-refractivity contribution is 14.1. The number of nitrogens with zero attached hydrogens (tertiary/aromatic N) is 1. The molecule has 2 N–H and O–H groups in total. The van der Waals surface area contributed by atoms with Crippen LogP contribution in [0.5, 0.6) is 5.75 Å². The molecular weight excluding hydrogens is 561 g/mol. The van der Waals surface area contributed by atoms with Crippen molar-refractivity contribution in [2.45, 2.75) is 31.7 Å². The zero-order valence-corrected chi connectivity index (χ0v) is 18.9. The van der Waals surface area contributed by atoms with Gasteiger partial charge in [0.2, 0.25) is 0 Å². The molecule has 132 valence electrons. The molecule has 1 aromatic carbocycles. The molecule has 1 atom stereocenters. The van der Waals surface area contributed by atoms with E-state index in [9.17, 15) is 5.11 Å². The molecular formula is C16H24Cl2I2N2O. The van der Waals surface area contributed by atoms with Gasteiger partial charge in [0, 0.05) is 32.2 Å². The van der Waals surface area contributed by atoms with Crippen LogP contribution in [0.1, 0.15) is 37.3 Å². The summed E-state index contributed by atoms with van der Waals surface area (Å²) in [6.45, 7) is 4.45. The first-order chi connectivity index (χ1) is 10.2. The van der Waals surface area contributed by atoms with Gasteiger partial charge >= 0.3 is 0 Å². The number of aromatic hydroxyl groups is 1. The topological polar surface area (TPSA) is 35.5 Å². The van der Waals surface area contributed by atoms with Crippen molar-refractivity contribution in [1.29, 1.82) is 0 Å². The number of hydrogen-bond donors (Lipinski definition) is 2. The largest absolute Gasteiger partial charge is 0.506 e. The van der Waals surface area contributed by atoms with E-state index in [4.69, 9.17) is 0 Å². The molecule has 0 aromatic heterocycles. The lowest BCUT2D eigenvalue weighted by atomic mass is 9.89. The highest BCUT2D eigenvalue weighted by Gasteiger charge is 2.32. The van der Waals surface area contributed by atoms with Gasteiger partial charge in [-0.05, 0) is 81.6 Å². The monoisotopic (exact) mass is 584 g/mol. The number of piperazine rings is 1. The van der Waals surface area contributed by atoms with E-state index in [1.807, 2.05) is 0 Å². The van der Waals surface area contributed by atoms with Crippen LogP contribution in [-0.2, 0) is 0 Å². The van der Waals surface area contributed by atoms with Gasteiger partial charge in [0.05, 0.1) is 7.14 Å². The van der Waals surface area contributed by atoms with Crippen molar-refractivity contribution in [2.24, 2.45) is 5.92 Å². The summed E-state index contributed by atoms with van der Waals surface area (Å²) in [4.78, 5) is 2.66. The molecule has 1 aliphatic carbocycles. The van der Waals surface area contributed by atoms with E-state index in [0.717, 1.165) is 39.2 Å². The Hall–Kier alpha value is 0.980. The Morgan fingerprint density at radius 1 is 1.04 bits per heavy atom. The molecule has 1 saturated heterocycles. The lowest BCUT2D eigenvalue weighted by molar-refractivity contribution is 0.125. The van der Waals surface area contributed by atoms with Crippen molar-refractivity contribution in [3.63, 3.8) is 0 Å². The molecule has 0 spiro atoms. The maximum absolute atomic E-state index is 10.0. The third-order valence-corrected chi connectivity index (χ3v) is 6.42. The Kier molecular flexibility index (Phi) is 9.77. The van der Waals surface area contributed by atoms with Gasteiger partial charge in [0.25, 0.3) is 0 Å². The van der Waals surface area contributed by atoms with Crippen molar-refractivity contribution in [3.05, 3.63) is 24.8 Å². The fourth-order valence-corrected chi connectivity index (χ4v) is 5.59. The first kappa shape index (κ1) is 22.0. The van der Waals surface area contributed by atoms with Crippen LogP contribution in [0.4, 0.5) is 0 Å². The van der Waals surface area contributed by atoms with Gasteiger partial charge in [-0.2, -0.15) is 0 Å². The molecule has 3 rings (SSSR count). The average Bonchev–Trinajstić information content (AvgIpc) is 3.00. The van der Waals surface area contributed by atoms with Crippen molar-refractivity contribution < 1.29 is 5.11 Å². The number of phenolic OH excluding ortho intramolecular Hbond substituents is 1. The third-order valence-electron chi connectivity index (χ3n) is 4.77. The Labute approximate surface area is 178 Å². The van der Waals surface area contributed by atoms with E-state index < -0.39 is 0 Å². The number of halogens is 4. The van der Waals surface area contributed by atoms with E-state index in [1.54, 1.807) is 0 Å². The normalized spacial score (nSPS) is 20.6. The molecule has 0 unspecified atom stereocenters. The predicted octanol–water partition coefficient (Wildman–Crippen LogP) is 4.58. The number of benzene rings is 1. The zero-order chi connectivity index (χ0) is 14.8. The van der Waals surface area contributed by atoms with Gasteiger partial charge < -0.3 is 10.4 Å². The molecule has 3 nitrogen and oxygen atoms in total. The summed E-state index contributed by atoms with van der Waals surface area (Å²) in [5.74, 6) is 1.21. The van der Waals surface area contributed by atoms with E-state index in [-0.39, 0.29) is 24.8 Å². The molecule has 1 aliphatic heterocycles. The van der Waals surface area contributed by atoms with Crippen molar-refractivity contribution in [3.8, 4) is 5.75 Å². The Balaban J connectivity index is 0.00000132. The lowest BCUT2D eigenvalue weighted by Crippen LogP contribution is -2.46. The van der Waals surface area contributed by atoms with E-state index >= 15 is 0 Å². The molecule has 0 amide bonds. The minimum Gasteiger partial charge on any atom is -0.506 e. The van der Waals surface area contributed by atoms with Gasteiger partial charge in [-0.15, -0.1) is 24.8 Å². The standard InChI is InChI=1S/C16H22I2N2O.2ClH/c17-13-9-12(10-14(18)16(13)21)15(11-3-1-2-4-11)20-7-5-19-6-8-20;;/h9-11,15,19,21H,1-8H2;2*1H/t15-;;/m0../s1. The molecule has 1 saturated carbocycles. The summed E-state index contributed by atoms with van der Waals surface area (Å²) in [5.41, 5.74) is 1.40. The number of nitrogens with one attached hydrogen (secondary N) is 1. The van der Waals surface area contributed by atoms with Crippen LogP contribution < -0.4 is 5.32 Å². The van der Waals surface area contributed by atoms with Gasteiger partial charge in [0.15, 0.2) is 0 Å². The van der Waals surface area contributed by atoms with Gasteiger partial charge in [-0.1, -0.05) is 12.8 Å². The highest BCUT2D eigenvalue weighted by atomic mass is 127. The molecule has 0 bridgehead atoms. The summed E-state index contributed by atoms with van der Waals surface area (Å²) in [6, 6.07) is 4.92. The SMILES string of the molecule is Cl.Cl.Oc1c(I)cc([C@H](C2CCCC2)N2CCNCC2)cc1I. The first-order valence-electron chi connectivity index (χ1n) is 7.79. The second kappa shape index (κ2) is 10.2. The number of rotatable bonds is 3. The van der Waals surface area contributed by atoms with Crippen LogP contribution in [0.25, 0.3) is 0 Å². The highest BCUT2D eigenvalue weighted by Crippen LogP contribution is 2.41. The molecule has 1 aromatic rings. The average molecular weight is 585 g/mol. The van der Waals surface area contributed by atoms with Crippen molar-refractivity contribution in [2.75, 3.05) is 26.2 Å². The van der Waals surface area contributed by atoms with Crippen LogP contribution in [0.3, 0.4) is 0 Å². The molecule has 23 heavy (non-hydrogen) atoms. The maximum atomic E-state index is 10.0. The van der Waals surface area contributed by atoms with E-state index in [2.05, 4.69) is 67.5 Å². The Morgan fingerprint density at radius 3 is 2.09 bits per heavy atom. The molecule has 7 heteroatoms. The number of hydrogen-bond acceptors (Lipinski definition) is 3. The minimum absolute atomic E-state index is 0. The van der Waals surface area contributed by atoms with Crippen LogP contribution >= 0.6 is 70.0 Å². The van der Waals surface area contributed by atoms with Crippen LogP contribution in [-0.4, -0.2) is 36.2 Å². The number of phenols is 1. The minimum atomic E-state index is 0. The second-order valence-corrected chi connectivity index (χ2v) is 8.43. The van der Waals surface area contributed by atoms with E-state index in [1.165, 1.54) is 31.2 Å². The smallest absolute Gasteiger partial charge is 0.142 e. The molecule has 2 aliphatic rings. The van der Waals surface area contributed by atoms with Crippen LogP contribution in [0.2, 0.25) is 0 Å². The van der Waals surface area contributed by atoms with Crippen molar-refractivity contribution in [1.82, 2.24) is 10.2 Å². The van der Waals surface area contributed by atoms with Gasteiger partial charge in [0.1, 0.15) is 5.75 Å². The van der Waals surface area contributed by atoms with Crippen LogP contribution in [0.15, 0.2) is 12.1 Å². The first-order valence-corrected chi connectivity index (χ1v) is 9.95. The molecule has 0 radical (unpaired) electrons. The fourth-order valence-electron chi connectivity index (χ4n) is 3.77. The predicted molar refractivity (Wildman–Crippen MR) is 117 cm³/mol. The van der Waals surface area contributed by atoms with Gasteiger partial charge in [-0.25, -0.2) is 0 Å². The zero-order valence-electron chi connectivity index (χ0n) is 12.9. The summed E-state index contributed by atoms with van der Waals surface area (Å²) in [5, 5.41) is 13.5. The van der Waals surface area contributed by atoms with Gasteiger partial charge in [-0.3, -0.25) is 4.90 Å². The second-order valence-electron chi connectivity index (χ2n) is 6.11. The quantitative estimate of drug-likeness (QED) is 0.511. The summed E-state index contributed by atoms with van der Waals surface area (Å²) >= 11 is 4.51. The van der Waals surface area contributed by atoms with E-state index in [0.29, 0.717) is 11.8 Å². The molecule has 1 heterocycles. The summed E-state index contributed by atoms with van der Waals surface area (Å²) in [6.07, 6.45) is 5.45. The lowest BCUT2D eigenvalue weighted by Gasteiger charge is -2.39.